The minimum absolute atomic E-state index is 0.210. The summed E-state index contributed by atoms with van der Waals surface area (Å²) in [6.45, 7) is 2.15. The van der Waals surface area contributed by atoms with Crippen LogP contribution in [0, 0.1) is 0 Å². The molecule has 0 aromatic rings. The zero-order chi connectivity index (χ0) is 17.7. The van der Waals surface area contributed by atoms with Gasteiger partial charge in [0.25, 0.3) is 0 Å². The van der Waals surface area contributed by atoms with Crippen LogP contribution in [0.1, 0.15) is 58.3 Å². The average Bonchev–Trinajstić information content (AvgIpc) is 2.56. The van der Waals surface area contributed by atoms with E-state index in [-0.39, 0.29) is 6.42 Å². The van der Waals surface area contributed by atoms with Crippen LogP contribution >= 0.6 is 0 Å². The molecule has 2 heteroatoms. The van der Waals surface area contributed by atoms with Crippen molar-refractivity contribution in [3.05, 3.63) is 72.9 Å². The van der Waals surface area contributed by atoms with E-state index in [0.29, 0.717) is 6.42 Å². The second kappa shape index (κ2) is 19.0. The van der Waals surface area contributed by atoms with E-state index >= 15 is 0 Å². The van der Waals surface area contributed by atoms with Crippen LogP contribution in [-0.4, -0.2) is 11.1 Å². The maximum absolute atomic E-state index is 10.3. The van der Waals surface area contributed by atoms with Gasteiger partial charge in [-0.3, -0.25) is 4.79 Å². The molecule has 0 saturated heterocycles. The Hall–Kier alpha value is -2.09. The van der Waals surface area contributed by atoms with Gasteiger partial charge in [0, 0.05) is 6.42 Å². The number of aliphatic carboxylic acids is 1. The molecule has 0 aliphatic carbocycles. The molecule has 0 unspecified atom stereocenters. The highest BCUT2D eigenvalue weighted by molar-refractivity contribution is 5.66. The van der Waals surface area contributed by atoms with Gasteiger partial charge in [0.05, 0.1) is 0 Å². The summed E-state index contributed by atoms with van der Waals surface area (Å²) in [4.78, 5) is 10.3. The largest absolute Gasteiger partial charge is 0.481 e. The number of hydrogen-bond donors (Lipinski definition) is 1. The first-order chi connectivity index (χ1) is 11.8. The molecule has 0 aliphatic rings. The second-order valence-corrected chi connectivity index (χ2v) is 5.35. The normalized spacial score (nSPS) is 13.0. The Labute approximate surface area is 147 Å². The lowest BCUT2D eigenvalue weighted by atomic mass is 10.2. The highest BCUT2D eigenvalue weighted by Crippen LogP contribution is 1.97. The summed E-state index contributed by atoms with van der Waals surface area (Å²) in [5, 5.41) is 8.49. The zero-order valence-corrected chi connectivity index (χ0v) is 14.9. The van der Waals surface area contributed by atoms with Crippen LogP contribution in [0.2, 0.25) is 0 Å². The van der Waals surface area contributed by atoms with E-state index in [1.165, 1.54) is 0 Å². The molecule has 0 saturated carbocycles. The fraction of sp³-hybridized carbons (Fsp3) is 0.409. The third-order valence-electron chi connectivity index (χ3n) is 3.12. The van der Waals surface area contributed by atoms with Gasteiger partial charge in [-0.25, -0.2) is 0 Å². The van der Waals surface area contributed by atoms with E-state index in [2.05, 4.69) is 67.7 Å². The minimum atomic E-state index is -0.741. The van der Waals surface area contributed by atoms with E-state index in [4.69, 9.17) is 5.11 Å². The molecule has 0 aliphatic heterocycles. The van der Waals surface area contributed by atoms with Gasteiger partial charge in [0.1, 0.15) is 0 Å². The SMILES string of the molecule is CC/C=C/C/C=C/C/C=C\C/C=C\C/C=C\C/C=C\CCC(=O)O. The molecule has 0 spiro atoms. The van der Waals surface area contributed by atoms with Crippen molar-refractivity contribution in [3.8, 4) is 0 Å². The second-order valence-electron chi connectivity index (χ2n) is 5.35. The molecule has 0 fully saturated rings. The topological polar surface area (TPSA) is 37.3 Å². The number of rotatable bonds is 14. The quantitative estimate of drug-likeness (QED) is 0.367. The first-order valence-corrected chi connectivity index (χ1v) is 8.89. The van der Waals surface area contributed by atoms with Crippen LogP contribution < -0.4 is 0 Å². The average molecular weight is 328 g/mol. The highest BCUT2D eigenvalue weighted by atomic mass is 16.4. The lowest BCUT2D eigenvalue weighted by molar-refractivity contribution is -0.136. The lowest BCUT2D eigenvalue weighted by Gasteiger charge is -1.87. The molecule has 0 heterocycles. The molecule has 0 aromatic heterocycles. The van der Waals surface area contributed by atoms with Gasteiger partial charge in [0.2, 0.25) is 0 Å². The third kappa shape index (κ3) is 19.9. The summed E-state index contributed by atoms with van der Waals surface area (Å²) in [5.74, 6) is -0.741. The van der Waals surface area contributed by atoms with Crippen LogP contribution in [0.15, 0.2) is 72.9 Å². The summed E-state index contributed by atoms with van der Waals surface area (Å²) >= 11 is 0. The van der Waals surface area contributed by atoms with Gasteiger partial charge >= 0.3 is 5.97 Å². The molecular weight excluding hydrogens is 296 g/mol. The molecule has 132 valence electrons. The Morgan fingerprint density at radius 3 is 1.29 bits per heavy atom. The molecular formula is C22H32O2. The Kier molecular flexibility index (Phi) is 17.3. The van der Waals surface area contributed by atoms with Crippen molar-refractivity contribution in [2.24, 2.45) is 0 Å². The first kappa shape index (κ1) is 21.9. The summed E-state index contributed by atoms with van der Waals surface area (Å²) in [7, 11) is 0. The zero-order valence-electron chi connectivity index (χ0n) is 14.9. The monoisotopic (exact) mass is 328 g/mol. The van der Waals surface area contributed by atoms with Crippen LogP contribution in [-0.2, 0) is 4.79 Å². The molecule has 0 atom stereocenters. The van der Waals surface area contributed by atoms with E-state index in [0.717, 1.165) is 38.5 Å². The first-order valence-electron chi connectivity index (χ1n) is 8.89. The molecule has 0 bridgehead atoms. The van der Waals surface area contributed by atoms with Crippen molar-refractivity contribution in [2.45, 2.75) is 58.3 Å². The summed E-state index contributed by atoms with van der Waals surface area (Å²) in [6, 6.07) is 0. The van der Waals surface area contributed by atoms with Gasteiger partial charge in [-0.15, -0.1) is 0 Å². The van der Waals surface area contributed by atoms with E-state index in [1.54, 1.807) is 0 Å². The highest BCUT2D eigenvalue weighted by Gasteiger charge is 1.90. The van der Waals surface area contributed by atoms with Gasteiger partial charge < -0.3 is 5.11 Å². The molecule has 0 amide bonds. The molecule has 0 radical (unpaired) electrons. The number of carboxylic acid groups (broad SMARTS) is 1. The van der Waals surface area contributed by atoms with Crippen LogP contribution in [0.4, 0.5) is 0 Å². The number of carboxylic acids is 1. The Bertz CT molecular complexity index is 462. The van der Waals surface area contributed by atoms with Crippen LogP contribution in [0.25, 0.3) is 0 Å². The standard InChI is InChI=1S/C22H32O2/c1-2-3-4-5-6-7-8-9-10-11-12-13-14-15-16-17-18-19-20-21-22(23)24/h3-4,6-7,9-10,12-13,15-16,18-19H,2,5,8,11,14,17,20-21H2,1H3,(H,23,24)/b4-3+,7-6+,10-9-,13-12-,16-15-,19-18-. The molecule has 0 rings (SSSR count). The van der Waals surface area contributed by atoms with Gasteiger partial charge in [-0.2, -0.15) is 0 Å². The van der Waals surface area contributed by atoms with Crippen molar-refractivity contribution in [1.82, 2.24) is 0 Å². The van der Waals surface area contributed by atoms with Crippen molar-refractivity contribution >= 4 is 5.97 Å². The maximum atomic E-state index is 10.3. The molecule has 24 heavy (non-hydrogen) atoms. The van der Waals surface area contributed by atoms with Crippen LogP contribution in [0.5, 0.6) is 0 Å². The Morgan fingerprint density at radius 1 is 0.625 bits per heavy atom. The van der Waals surface area contributed by atoms with Crippen molar-refractivity contribution < 1.29 is 9.90 Å². The summed E-state index contributed by atoms with van der Waals surface area (Å²) in [5.41, 5.74) is 0. The van der Waals surface area contributed by atoms with Gasteiger partial charge in [-0.05, 0) is 44.9 Å². The predicted octanol–water partition coefficient (Wildman–Crippen LogP) is 6.55. The minimum Gasteiger partial charge on any atom is -0.481 e. The molecule has 2 nitrogen and oxygen atoms in total. The molecule has 1 N–H and O–H groups in total. The number of allylic oxidation sites excluding steroid dienone is 12. The fourth-order valence-corrected chi connectivity index (χ4v) is 1.85. The lowest BCUT2D eigenvalue weighted by Crippen LogP contribution is -1.91. The Morgan fingerprint density at radius 2 is 0.958 bits per heavy atom. The van der Waals surface area contributed by atoms with Gasteiger partial charge in [-0.1, -0.05) is 79.8 Å². The van der Waals surface area contributed by atoms with Crippen molar-refractivity contribution in [1.29, 1.82) is 0 Å². The van der Waals surface area contributed by atoms with Crippen molar-refractivity contribution in [2.75, 3.05) is 0 Å². The molecule has 0 aromatic carbocycles. The third-order valence-corrected chi connectivity index (χ3v) is 3.12. The number of carbonyl (C=O) groups is 1. The van der Waals surface area contributed by atoms with Crippen molar-refractivity contribution in [3.63, 3.8) is 0 Å². The smallest absolute Gasteiger partial charge is 0.303 e. The number of hydrogen-bond acceptors (Lipinski definition) is 1. The van der Waals surface area contributed by atoms with Crippen LogP contribution in [0.3, 0.4) is 0 Å². The fourth-order valence-electron chi connectivity index (χ4n) is 1.85. The van der Waals surface area contributed by atoms with Gasteiger partial charge in [0.15, 0.2) is 0 Å². The summed E-state index contributed by atoms with van der Waals surface area (Å²) in [6.07, 6.45) is 32.5. The maximum Gasteiger partial charge on any atom is 0.303 e. The van der Waals surface area contributed by atoms with E-state index < -0.39 is 5.97 Å². The van der Waals surface area contributed by atoms with E-state index in [9.17, 15) is 4.79 Å². The Balaban J connectivity index is 3.51. The summed E-state index contributed by atoms with van der Waals surface area (Å²) < 4.78 is 0. The van der Waals surface area contributed by atoms with E-state index in [1.807, 2.05) is 12.2 Å². The predicted molar refractivity (Wildman–Crippen MR) is 105 cm³/mol.